The molecule has 0 heterocycles. The lowest BCUT2D eigenvalue weighted by atomic mass is 9.72. The fourth-order valence-electron chi connectivity index (χ4n) is 4.33. The number of methoxy groups -OCH3 is 1. The fourth-order valence-corrected chi connectivity index (χ4v) is 4.33. The van der Waals surface area contributed by atoms with E-state index in [9.17, 15) is 4.79 Å². The van der Waals surface area contributed by atoms with Crippen molar-refractivity contribution in [2.24, 2.45) is 5.41 Å². The SMILES string of the molecule is COC(C)(C)C/C=C/C(C)=C/C=C/C(C)=C/C=C/C(C)=C/C=C/C=C(C)/C=C/C=C(C)/C=C/C1=C(C)C(=O)CCC1(C)C. The first-order valence-corrected chi connectivity index (χ1v) is 15.4. The summed E-state index contributed by atoms with van der Waals surface area (Å²) in [5.41, 5.74) is 7.90. The molecule has 2 nitrogen and oxygen atoms in total. The molecule has 0 N–H and O–H groups in total. The van der Waals surface area contributed by atoms with E-state index in [4.69, 9.17) is 4.74 Å². The minimum absolute atomic E-state index is 0.0450. The van der Waals surface area contributed by atoms with Gasteiger partial charge in [-0.05, 0) is 84.8 Å². The van der Waals surface area contributed by atoms with Crippen molar-refractivity contribution in [2.75, 3.05) is 7.11 Å². The van der Waals surface area contributed by atoms with Gasteiger partial charge in [0.05, 0.1) is 5.60 Å². The van der Waals surface area contributed by atoms with E-state index in [-0.39, 0.29) is 16.8 Å². The van der Waals surface area contributed by atoms with Gasteiger partial charge in [0, 0.05) is 13.5 Å². The van der Waals surface area contributed by atoms with Crippen LogP contribution in [0.2, 0.25) is 0 Å². The molecule has 43 heavy (non-hydrogen) atoms. The number of ether oxygens (including phenoxy) is 1. The molecular weight excluding hydrogens is 524 g/mol. The summed E-state index contributed by atoms with van der Waals surface area (Å²) in [7, 11) is 1.75. The number of rotatable bonds is 14. The minimum Gasteiger partial charge on any atom is -0.378 e. The molecule has 0 fully saturated rings. The van der Waals surface area contributed by atoms with Gasteiger partial charge in [0.15, 0.2) is 5.78 Å². The number of ketones is 1. The number of carbonyl (C=O) groups is 1. The highest BCUT2D eigenvalue weighted by Crippen LogP contribution is 2.39. The van der Waals surface area contributed by atoms with Crippen LogP contribution in [0, 0.1) is 5.41 Å². The molecule has 0 saturated carbocycles. The molecule has 0 radical (unpaired) electrons. The van der Waals surface area contributed by atoms with E-state index in [0.29, 0.717) is 6.42 Å². The van der Waals surface area contributed by atoms with E-state index in [2.05, 4.69) is 166 Å². The van der Waals surface area contributed by atoms with E-state index in [0.717, 1.165) is 29.6 Å². The number of hydrogen-bond acceptors (Lipinski definition) is 2. The van der Waals surface area contributed by atoms with Crippen LogP contribution in [0.25, 0.3) is 0 Å². The Labute approximate surface area is 263 Å². The minimum atomic E-state index is -0.126. The van der Waals surface area contributed by atoms with Gasteiger partial charge < -0.3 is 4.74 Å². The van der Waals surface area contributed by atoms with Gasteiger partial charge in [-0.3, -0.25) is 4.79 Å². The summed E-state index contributed by atoms with van der Waals surface area (Å²) < 4.78 is 5.45. The zero-order chi connectivity index (χ0) is 32.5. The maximum atomic E-state index is 12.2. The molecular formula is C41H56O2. The summed E-state index contributed by atoms with van der Waals surface area (Å²) in [6, 6.07) is 0. The predicted molar refractivity (Wildman–Crippen MR) is 190 cm³/mol. The second-order valence-electron chi connectivity index (χ2n) is 12.8. The molecule has 0 amide bonds. The topological polar surface area (TPSA) is 26.3 Å². The summed E-state index contributed by atoms with van der Waals surface area (Å²) in [6.45, 7) is 21.1. The van der Waals surface area contributed by atoms with Crippen molar-refractivity contribution in [1.29, 1.82) is 0 Å². The van der Waals surface area contributed by atoms with Crippen LogP contribution in [0.4, 0.5) is 0 Å². The second-order valence-corrected chi connectivity index (χ2v) is 12.8. The summed E-state index contributed by atoms with van der Waals surface area (Å²) >= 11 is 0. The highest BCUT2D eigenvalue weighted by atomic mass is 16.5. The van der Waals surface area contributed by atoms with Crippen molar-refractivity contribution < 1.29 is 9.53 Å². The molecule has 0 aromatic rings. The molecule has 0 atom stereocenters. The van der Waals surface area contributed by atoms with Crippen LogP contribution in [-0.2, 0) is 9.53 Å². The standard InChI is InChI=1S/C41H56O2/c1-32(20-14-22-34(3)23-15-24-35(4)26-17-30-41(9,10)43-11)18-12-13-19-33(2)21-16-25-36(5)27-28-38-37(6)39(42)29-31-40(38,7)8/h12-28H,29-31H2,1-11H3/b13-12+,20-14+,21-16+,23-15+,26-17+,28-27+,32-18+,33-19+,34-22+,35-24+,36-25+. The molecule has 0 aliphatic heterocycles. The van der Waals surface area contributed by atoms with Crippen LogP contribution in [-0.4, -0.2) is 18.5 Å². The van der Waals surface area contributed by atoms with Gasteiger partial charge in [0.1, 0.15) is 0 Å². The molecule has 1 aliphatic rings. The first-order valence-electron chi connectivity index (χ1n) is 15.4. The first kappa shape index (κ1) is 37.5. The molecule has 0 unspecified atom stereocenters. The monoisotopic (exact) mass is 580 g/mol. The van der Waals surface area contributed by atoms with Crippen molar-refractivity contribution in [3.8, 4) is 0 Å². The van der Waals surface area contributed by atoms with Gasteiger partial charge in [-0.25, -0.2) is 0 Å². The van der Waals surface area contributed by atoms with Crippen molar-refractivity contribution >= 4 is 5.78 Å². The Morgan fingerprint density at radius 1 is 0.721 bits per heavy atom. The van der Waals surface area contributed by atoms with Gasteiger partial charge in [-0.15, -0.1) is 0 Å². The largest absolute Gasteiger partial charge is 0.378 e. The average Bonchev–Trinajstić information content (AvgIpc) is 2.93. The molecule has 232 valence electrons. The third-order valence-corrected chi connectivity index (χ3v) is 7.57. The Morgan fingerprint density at radius 3 is 1.60 bits per heavy atom. The molecule has 0 saturated heterocycles. The van der Waals surface area contributed by atoms with Gasteiger partial charge in [0.25, 0.3) is 0 Å². The maximum absolute atomic E-state index is 12.2. The Kier molecular flexibility index (Phi) is 16.5. The Bertz CT molecular complexity index is 1320. The van der Waals surface area contributed by atoms with Gasteiger partial charge >= 0.3 is 0 Å². The number of carbonyl (C=O) groups excluding carboxylic acids is 1. The average molecular weight is 581 g/mol. The summed E-state index contributed by atoms with van der Waals surface area (Å²) in [6.07, 6.45) is 38.2. The molecule has 1 rings (SSSR count). The van der Waals surface area contributed by atoms with Gasteiger partial charge in [-0.1, -0.05) is 145 Å². The molecule has 0 spiro atoms. The van der Waals surface area contributed by atoms with E-state index < -0.39 is 0 Å². The molecule has 1 aliphatic carbocycles. The van der Waals surface area contributed by atoms with Crippen LogP contribution in [0.3, 0.4) is 0 Å². The van der Waals surface area contributed by atoms with Gasteiger partial charge in [-0.2, -0.15) is 0 Å². The van der Waals surface area contributed by atoms with Crippen LogP contribution in [0.1, 0.15) is 88.5 Å². The smallest absolute Gasteiger partial charge is 0.158 e. The third-order valence-electron chi connectivity index (χ3n) is 7.57. The highest BCUT2D eigenvalue weighted by molar-refractivity contribution is 5.97. The van der Waals surface area contributed by atoms with Crippen LogP contribution in [0.15, 0.2) is 142 Å². The van der Waals surface area contributed by atoms with Crippen LogP contribution < -0.4 is 0 Å². The molecule has 2 heteroatoms. The normalized spacial score (nSPS) is 18.9. The molecule has 0 bridgehead atoms. The van der Waals surface area contributed by atoms with Crippen LogP contribution in [0.5, 0.6) is 0 Å². The van der Waals surface area contributed by atoms with Crippen LogP contribution >= 0.6 is 0 Å². The quantitative estimate of drug-likeness (QED) is 0.191. The first-order chi connectivity index (χ1) is 20.2. The molecule has 0 aromatic heterocycles. The van der Waals surface area contributed by atoms with Crippen molar-refractivity contribution in [2.45, 2.75) is 94.1 Å². The third kappa shape index (κ3) is 16.1. The zero-order valence-electron chi connectivity index (χ0n) is 28.8. The highest BCUT2D eigenvalue weighted by Gasteiger charge is 2.30. The number of allylic oxidation sites excluding steroid dienone is 23. The second kappa shape index (κ2) is 18.9. The summed E-state index contributed by atoms with van der Waals surface area (Å²) in [4.78, 5) is 12.2. The lowest BCUT2D eigenvalue weighted by molar-refractivity contribution is -0.116. The lowest BCUT2D eigenvalue weighted by Gasteiger charge is -2.32. The molecule has 0 aromatic carbocycles. The van der Waals surface area contributed by atoms with E-state index in [1.54, 1.807) is 7.11 Å². The van der Waals surface area contributed by atoms with E-state index in [1.165, 1.54) is 22.3 Å². The number of hydrogen-bond donors (Lipinski definition) is 0. The number of Topliss-reactive ketones (excluding diaryl/α,β-unsaturated/α-hetero) is 1. The predicted octanol–water partition coefficient (Wildman–Crippen LogP) is 11.6. The zero-order valence-corrected chi connectivity index (χ0v) is 28.8. The summed E-state index contributed by atoms with van der Waals surface area (Å²) in [5, 5.41) is 0. The Balaban J connectivity index is 2.63. The Hall–Kier alpha value is -3.49. The van der Waals surface area contributed by atoms with Gasteiger partial charge in [0.2, 0.25) is 0 Å². The van der Waals surface area contributed by atoms with Crippen molar-refractivity contribution in [1.82, 2.24) is 0 Å². The van der Waals surface area contributed by atoms with E-state index >= 15 is 0 Å². The van der Waals surface area contributed by atoms with Crippen molar-refractivity contribution in [3.63, 3.8) is 0 Å². The summed E-state index contributed by atoms with van der Waals surface area (Å²) in [5.74, 6) is 0.275. The van der Waals surface area contributed by atoms with Crippen molar-refractivity contribution in [3.05, 3.63) is 142 Å². The lowest BCUT2D eigenvalue weighted by Crippen LogP contribution is -2.24. The van der Waals surface area contributed by atoms with E-state index in [1.807, 2.05) is 6.92 Å². The Morgan fingerprint density at radius 2 is 1.14 bits per heavy atom. The maximum Gasteiger partial charge on any atom is 0.158 e. The fraction of sp³-hybridized carbons (Fsp3) is 0.390.